The number of hydrogen-bond acceptors (Lipinski definition) is 0. The Kier molecular flexibility index (Phi) is 4.36. The van der Waals surface area contributed by atoms with Gasteiger partial charge in [0.1, 0.15) is 0 Å². The predicted molar refractivity (Wildman–Crippen MR) is 67.5 cm³/mol. The third-order valence-electron chi connectivity index (χ3n) is 1.22. The van der Waals surface area contributed by atoms with Crippen LogP contribution in [0.2, 0.25) is 0 Å². The molecular weight excluding hydrogens is 451 g/mol. The van der Waals surface area contributed by atoms with E-state index < -0.39 is 0 Å². The van der Waals surface area contributed by atoms with E-state index in [0.29, 0.717) is 0 Å². The van der Waals surface area contributed by atoms with Crippen LogP contribution in [0.1, 0.15) is 9.30 Å². The second kappa shape index (κ2) is 4.58. The summed E-state index contributed by atoms with van der Waals surface area (Å²) >= 11 is 12.7. The summed E-state index contributed by atoms with van der Waals surface area (Å²) in [6.07, 6.45) is 0. The highest BCUT2D eigenvalue weighted by Gasteiger charge is 2.08. The Morgan fingerprint density at radius 1 is 1.27 bits per heavy atom. The first-order valence-corrected chi connectivity index (χ1v) is 6.55. The molecule has 0 heterocycles. The molecular formula is C7H4Br3I. The van der Waals surface area contributed by atoms with Crippen LogP contribution in [0.15, 0.2) is 22.7 Å². The molecule has 4 heteroatoms. The first-order chi connectivity index (χ1) is 5.13. The fourth-order valence-electron chi connectivity index (χ4n) is 0.689. The van der Waals surface area contributed by atoms with Gasteiger partial charge in [-0.25, -0.2) is 0 Å². The third-order valence-corrected chi connectivity index (χ3v) is 4.81. The van der Waals surface area contributed by atoms with Crippen LogP contribution in [0, 0.1) is 3.57 Å². The molecule has 1 aromatic rings. The normalized spacial score (nSPS) is 10.6. The summed E-state index contributed by atoms with van der Waals surface area (Å²) in [5.74, 6) is 0. The molecule has 0 saturated heterocycles. The van der Waals surface area contributed by atoms with Crippen LogP contribution in [0.4, 0.5) is 0 Å². The van der Waals surface area contributed by atoms with Crippen LogP contribution in [0.25, 0.3) is 0 Å². The van der Waals surface area contributed by atoms with Gasteiger partial charge in [-0.15, -0.1) is 0 Å². The van der Waals surface area contributed by atoms with Gasteiger partial charge in [-0.3, -0.25) is 0 Å². The number of benzene rings is 1. The Hall–Kier alpha value is 1.39. The smallest absolute Gasteiger partial charge is 0.0712 e. The first kappa shape index (κ1) is 10.5. The highest BCUT2D eigenvalue weighted by Crippen LogP contribution is 2.35. The van der Waals surface area contributed by atoms with E-state index in [9.17, 15) is 0 Å². The summed E-state index contributed by atoms with van der Waals surface area (Å²) in [6, 6.07) is 6.14. The molecule has 0 unspecified atom stereocenters. The molecule has 60 valence electrons. The van der Waals surface area contributed by atoms with Crippen molar-refractivity contribution >= 4 is 70.4 Å². The van der Waals surface area contributed by atoms with Crippen LogP contribution in [-0.4, -0.2) is 0 Å². The highest BCUT2D eigenvalue weighted by atomic mass is 127. The molecule has 1 aromatic carbocycles. The lowest BCUT2D eigenvalue weighted by molar-refractivity contribution is 1.36. The molecule has 0 spiro atoms. The minimum Gasteiger partial charge on any atom is -0.0712 e. The quantitative estimate of drug-likeness (QED) is 0.421. The zero-order valence-electron chi connectivity index (χ0n) is 5.32. The molecule has 0 fully saturated rings. The molecule has 11 heavy (non-hydrogen) atoms. The van der Waals surface area contributed by atoms with E-state index in [2.05, 4.69) is 76.4 Å². The largest absolute Gasteiger partial charge is 0.0957 e. The number of alkyl halides is 2. The molecule has 0 saturated carbocycles. The van der Waals surface area contributed by atoms with Gasteiger partial charge in [0, 0.05) is 8.04 Å². The van der Waals surface area contributed by atoms with Crippen molar-refractivity contribution in [3.05, 3.63) is 31.8 Å². The average molecular weight is 455 g/mol. The molecule has 1 rings (SSSR count). The monoisotopic (exact) mass is 452 g/mol. The second-order valence-electron chi connectivity index (χ2n) is 1.94. The van der Waals surface area contributed by atoms with Crippen molar-refractivity contribution in [2.45, 2.75) is 3.74 Å². The van der Waals surface area contributed by atoms with E-state index in [0.717, 1.165) is 4.47 Å². The van der Waals surface area contributed by atoms with Crippen molar-refractivity contribution in [2.75, 3.05) is 0 Å². The first-order valence-electron chi connectivity index (χ1n) is 2.85. The minimum absolute atomic E-state index is 0.236. The van der Waals surface area contributed by atoms with Gasteiger partial charge in [-0.1, -0.05) is 44.0 Å². The SMILES string of the molecule is Brc1cccc(C(Br)Br)c1I. The highest BCUT2D eigenvalue weighted by molar-refractivity contribution is 14.1. The average Bonchev–Trinajstić information content (AvgIpc) is 1.94. The fraction of sp³-hybridized carbons (Fsp3) is 0.143. The molecule has 0 aromatic heterocycles. The van der Waals surface area contributed by atoms with Crippen LogP contribution >= 0.6 is 70.4 Å². The molecule has 0 atom stereocenters. The predicted octanol–water partition coefficient (Wildman–Crippen LogP) is 4.84. The van der Waals surface area contributed by atoms with E-state index in [1.807, 2.05) is 12.1 Å². The topological polar surface area (TPSA) is 0 Å². The summed E-state index contributed by atoms with van der Waals surface area (Å²) < 4.78 is 2.61. The van der Waals surface area contributed by atoms with Gasteiger partial charge in [0.15, 0.2) is 0 Å². The van der Waals surface area contributed by atoms with E-state index in [-0.39, 0.29) is 3.74 Å². The Labute approximate surface area is 105 Å². The Morgan fingerprint density at radius 2 is 1.91 bits per heavy atom. The summed E-state index contributed by atoms with van der Waals surface area (Å²) in [4.78, 5) is 0. The van der Waals surface area contributed by atoms with Crippen LogP contribution in [0.3, 0.4) is 0 Å². The maximum Gasteiger partial charge on any atom is 0.0957 e. The lowest BCUT2D eigenvalue weighted by Crippen LogP contribution is -1.86. The van der Waals surface area contributed by atoms with E-state index >= 15 is 0 Å². The zero-order valence-corrected chi connectivity index (χ0v) is 12.2. The van der Waals surface area contributed by atoms with E-state index in [1.54, 1.807) is 0 Å². The van der Waals surface area contributed by atoms with E-state index in [1.165, 1.54) is 9.13 Å². The Bertz CT molecular complexity index is 260. The molecule has 0 N–H and O–H groups in total. The molecule has 0 aliphatic carbocycles. The third kappa shape index (κ3) is 2.67. The summed E-state index contributed by atoms with van der Waals surface area (Å²) in [6.45, 7) is 0. The zero-order chi connectivity index (χ0) is 8.43. The van der Waals surface area contributed by atoms with Crippen LogP contribution in [0.5, 0.6) is 0 Å². The molecule has 0 aliphatic heterocycles. The van der Waals surface area contributed by atoms with Gasteiger partial charge in [-0.2, -0.15) is 0 Å². The van der Waals surface area contributed by atoms with Gasteiger partial charge in [-0.05, 0) is 50.2 Å². The van der Waals surface area contributed by atoms with Crippen molar-refractivity contribution in [1.82, 2.24) is 0 Å². The van der Waals surface area contributed by atoms with Crippen molar-refractivity contribution in [2.24, 2.45) is 0 Å². The van der Waals surface area contributed by atoms with Gasteiger partial charge in [0.05, 0.1) is 3.74 Å². The number of halogens is 4. The van der Waals surface area contributed by atoms with Gasteiger partial charge in [0.25, 0.3) is 0 Å². The summed E-state index contributed by atoms with van der Waals surface area (Å²) in [7, 11) is 0. The van der Waals surface area contributed by atoms with Crippen LogP contribution < -0.4 is 0 Å². The summed E-state index contributed by atoms with van der Waals surface area (Å²) in [5, 5.41) is 0. The van der Waals surface area contributed by atoms with Gasteiger partial charge >= 0.3 is 0 Å². The van der Waals surface area contributed by atoms with Crippen molar-refractivity contribution in [1.29, 1.82) is 0 Å². The lowest BCUT2D eigenvalue weighted by atomic mass is 10.2. The summed E-state index contributed by atoms with van der Waals surface area (Å²) in [5.41, 5.74) is 1.25. The molecule has 0 bridgehead atoms. The molecule has 0 nitrogen and oxygen atoms in total. The minimum atomic E-state index is 0.236. The fourth-order valence-corrected chi connectivity index (χ4v) is 3.36. The van der Waals surface area contributed by atoms with Crippen molar-refractivity contribution < 1.29 is 0 Å². The molecule has 0 aliphatic rings. The van der Waals surface area contributed by atoms with Gasteiger partial charge < -0.3 is 0 Å². The Balaban J connectivity index is 3.17. The molecule has 0 amide bonds. The maximum absolute atomic E-state index is 3.47. The maximum atomic E-state index is 3.47. The Morgan fingerprint density at radius 3 is 2.36 bits per heavy atom. The lowest BCUT2D eigenvalue weighted by Gasteiger charge is -2.05. The van der Waals surface area contributed by atoms with E-state index in [4.69, 9.17) is 0 Å². The van der Waals surface area contributed by atoms with Crippen LogP contribution in [-0.2, 0) is 0 Å². The van der Waals surface area contributed by atoms with Crippen molar-refractivity contribution in [3.63, 3.8) is 0 Å². The van der Waals surface area contributed by atoms with Gasteiger partial charge in [0.2, 0.25) is 0 Å². The standard InChI is InChI=1S/C7H4Br3I/c8-5-3-1-2-4(6(5)11)7(9)10/h1-3,7H. The molecule has 0 radical (unpaired) electrons. The number of rotatable bonds is 1. The second-order valence-corrected chi connectivity index (χ2v) is 6.94. The number of hydrogen-bond donors (Lipinski definition) is 0. The van der Waals surface area contributed by atoms with Crippen molar-refractivity contribution in [3.8, 4) is 0 Å².